The van der Waals surface area contributed by atoms with Crippen molar-refractivity contribution in [3.05, 3.63) is 216 Å². The molecule has 8 heterocycles. The molecule has 0 unspecified atom stereocenters. The van der Waals surface area contributed by atoms with Crippen LogP contribution in [0.15, 0.2) is 158 Å². The van der Waals surface area contributed by atoms with Crippen LogP contribution >= 0.6 is 85.7 Å². The van der Waals surface area contributed by atoms with Gasteiger partial charge in [0.05, 0.1) is 30.0 Å². The maximum absolute atomic E-state index is 13.7. The number of rotatable bonds is 11. The minimum Gasteiger partial charge on any atom is -0.537 e. The molecular weight excluding hydrogens is 1150 g/mol. The summed E-state index contributed by atoms with van der Waals surface area (Å²) < 4.78 is 70.4. The Hall–Kier alpha value is -6.81. The van der Waals surface area contributed by atoms with Crippen LogP contribution in [0.2, 0.25) is 0 Å². The van der Waals surface area contributed by atoms with E-state index < -0.39 is 63.1 Å². The highest BCUT2D eigenvalue weighted by atomic mass is 79.9. The molecule has 0 bridgehead atoms. The predicted octanol–water partition coefficient (Wildman–Crippen LogP) is 6.91. The lowest BCUT2D eigenvalue weighted by Crippen LogP contribution is -2.23. The molecule has 0 spiro atoms. The molecule has 73 heavy (non-hydrogen) atoms. The molecule has 19 nitrogen and oxygen atoms in total. The summed E-state index contributed by atoms with van der Waals surface area (Å²) in [6.45, 7) is 10.4. The zero-order valence-electron chi connectivity index (χ0n) is 37.0. The smallest absolute Gasteiger partial charge is 0.537 e. The summed E-state index contributed by atoms with van der Waals surface area (Å²) >= 11 is 14.2. The van der Waals surface area contributed by atoms with Crippen molar-refractivity contribution >= 4 is 99.2 Å². The lowest BCUT2D eigenvalue weighted by Gasteiger charge is -2.04. The molecule has 1 radical (unpaired) electrons. The highest BCUT2D eigenvalue weighted by Crippen LogP contribution is 2.19. The van der Waals surface area contributed by atoms with Crippen molar-refractivity contribution < 1.29 is 31.6 Å². The van der Waals surface area contributed by atoms with Gasteiger partial charge in [-0.25, -0.2) is 41.5 Å². The number of nitrogen functional groups attached to an aromatic ring is 1. The number of nitrogens with one attached hydrogen (secondary N) is 5. The normalized spacial score (nSPS) is 9.63. The average molecular weight is 1190 g/mol. The van der Waals surface area contributed by atoms with Crippen LogP contribution in [0, 0.1) is 33.7 Å². The molecule has 0 amide bonds. The minimum atomic E-state index is -1.00. The molecule has 0 aliphatic carbocycles. The Kier molecular flexibility index (Phi) is 29.5. The van der Waals surface area contributed by atoms with E-state index in [9.17, 15) is 50.7 Å². The van der Waals surface area contributed by atoms with Gasteiger partial charge in [0, 0.05) is 45.4 Å². The van der Waals surface area contributed by atoms with E-state index in [4.69, 9.17) is 10.8 Å². The number of aromatic nitrogens is 10. The molecule has 8 N–H and O–H groups in total. The largest absolute Gasteiger partial charge is 0.569 e. The number of thiophene rings is 3. The Labute approximate surface area is 442 Å². The molecule has 385 valence electrons. The molecule has 8 aromatic rings. The number of nitrogens with two attached hydrogens (primary N) is 1. The third-order valence-corrected chi connectivity index (χ3v) is 11.8. The van der Waals surface area contributed by atoms with Crippen molar-refractivity contribution in [2.24, 2.45) is 0 Å². The van der Waals surface area contributed by atoms with E-state index in [1.807, 2.05) is 15.7 Å². The molecule has 0 aliphatic heterocycles. The number of thioether (sulfide) groups is 2. The van der Waals surface area contributed by atoms with Crippen LogP contribution in [-0.2, 0) is 0 Å². The Morgan fingerprint density at radius 2 is 1.27 bits per heavy atom. The van der Waals surface area contributed by atoms with E-state index in [1.54, 1.807) is 62.9 Å². The van der Waals surface area contributed by atoms with Crippen LogP contribution in [0.25, 0.3) is 11.4 Å². The lowest BCUT2D eigenvalue weighted by atomic mass is 10.4. The zero-order chi connectivity index (χ0) is 54.3. The first-order valence-electron chi connectivity index (χ1n) is 19.3. The number of allylic oxidation sites excluding steroid dienone is 1. The van der Waals surface area contributed by atoms with Crippen LogP contribution in [0.3, 0.4) is 0 Å². The molecule has 0 fully saturated rings. The summed E-state index contributed by atoms with van der Waals surface area (Å²) in [5, 5.41) is 20.1. The molecule has 0 saturated heterocycles. The number of aromatic amines is 5. The van der Waals surface area contributed by atoms with Crippen molar-refractivity contribution in [3.8, 4) is 17.1 Å². The summed E-state index contributed by atoms with van der Waals surface area (Å²) in [6.07, 6.45) is 9.79. The van der Waals surface area contributed by atoms with Gasteiger partial charge in [0.25, 0.3) is 5.56 Å². The predicted molar refractivity (Wildman–Crippen MR) is 283 cm³/mol. The van der Waals surface area contributed by atoms with E-state index in [1.165, 1.54) is 56.5 Å². The molecule has 0 aromatic carbocycles. The first kappa shape index (κ1) is 62.3. The third kappa shape index (κ3) is 23.5. The molecule has 8 aromatic heterocycles. The number of halogens is 6. The highest BCUT2D eigenvalue weighted by molar-refractivity contribution is 9.09. The van der Waals surface area contributed by atoms with Gasteiger partial charge in [-0.3, -0.25) is 28.9 Å². The molecule has 0 aliphatic rings. The lowest BCUT2D eigenvalue weighted by molar-refractivity contribution is 0.455. The molecule has 0 saturated carbocycles. The monoisotopic (exact) mass is 1190 g/mol. The second kappa shape index (κ2) is 34.5. The van der Waals surface area contributed by atoms with Crippen molar-refractivity contribution in [3.63, 3.8) is 0 Å². The molecular formula is C41H37BBrF5N11O8S6. The second-order valence-corrected chi connectivity index (χ2v) is 17.6. The molecule has 32 heteroatoms. The van der Waals surface area contributed by atoms with Gasteiger partial charge in [-0.15, -0.1) is 42.8 Å². The Morgan fingerprint density at radius 1 is 0.740 bits per heavy atom. The summed E-state index contributed by atoms with van der Waals surface area (Å²) in [6, 6.07) is 5.21. The first-order valence-corrected chi connectivity index (χ1v) is 25.6. The quantitative estimate of drug-likeness (QED) is 0.0132. The Morgan fingerprint density at radius 3 is 1.75 bits per heavy atom. The van der Waals surface area contributed by atoms with Crippen molar-refractivity contribution in [2.75, 3.05) is 22.6 Å². The van der Waals surface area contributed by atoms with Gasteiger partial charge in [-0.2, -0.15) is 42.0 Å². The number of nitrogens with zero attached hydrogens (tertiary/aromatic N) is 5. The fourth-order valence-electron chi connectivity index (χ4n) is 4.04. The van der Waals surface area contributed by atoms with Crippen molar-refractivity contribution in [1.29, 1.82) is 0 Å². The van der Waals surface area contributed by atoms with Crippen LogP contribution < -0.4 is 44.4 Å². The van der Waals surface area contributed by atoms with Gasteiger partial charge >= 0.3 is 36.1 Å². The van der Waals surface area contributed by atoms with Crippen molar-refractivity contribution in [2.45, 2.75) is 10.1 Å². The summed E-state index contributed by atoms with van der Waals surface area (Å²) in [5.41, 5.74) is 2.56. The average Bonchev–Trinajstić information content (AvgIpc) is 4.21. The Bertz CT molecular complexity index is 3310. The number of H-pyrrole nitrogens is 5. The number of anilines is 1. The van der Waals surface area contributed by atoms with E-state index >= 15 is 0 Å². The Balaban J connectivity index is 0.000000301. The fourth-order valence-corrected chi connectivity index (χ4v) is 7.25. The third-order valence-electron chi connectivity index (χ3n) is 7.08. The SMILES string of the molecule is C=CCBr.C=CCSc1[nH]c(=O)ncc1F.C=CCSc1nc(=O)n(-c2ccsc2)cc1F.Nc1nc(=O)n(-c2ccsc2)cc1F.O=c1[nH]cc(F)c(=O)[nH]1.O=c1[nH]cc(F)c(=S)[nH]1.O[B]Oc1ccsc1. The highest BCUT2D eigenvalue weighted by Gasteiger charge is 2.10. The number of hydrogen-bond acceptors (Lipinski definition) is 18. The number of hydrogen-bond donors (Lipinski definition) is 7. The maximum atomic E-state index is 13.7. The van der Waals surface area contributed by atoms with Crippen LogP contribution in [0.5, 0.6) is 5.75 Å². The van der Waals surface area contributed by atoms with Gasteiger partial charge in [0.2, 0.25) is 5.82 Å². The minimum absolute atomic E-state index is 0.112. The fraction of sp³-hybridized carbons (Fsp3) is 0.0732. The van der Waals surface area contributed by atoms with Crippen molar-refractivity contribution in [1.82, 2.24) is 49.0 Å². The van der Waals surface area contributed by atoms with Gasteiger partial charge in [-0.05, 0) is 34.3 Å². The zero-order valence-corrected chi connectivity index (χ0v) is 43.5. The van der Waals surface area contributed by atoms with Crippen LogP contribution in [0.4, 0.5) is 27.8 Å². The summed E-state index contributed by atoms with van der Waals surface area (Å²) in [5.74, 6) is -1.94. The van der Waals surface area contributed by atoms with E-state index in [2.05, 4.69) is 82.4 Å². The standard InChI is InChI=1S/C11H9FN2OS2.C8H6FN3OS.C7H7FN2OS.C4H4BO2S.C4H3FN2O2.C4H3FN2OS.C3H5Br/c1-2-4-17-10-9(12)6-14(11(15)13-10)8-3-5-16-7-8;9-6-3-12(5-1-2-14-4-5)8(13)11-7(6)10;1-2-3-12-6-5(8)4-9-7(11)10-6;6-5-7-4-1-2-8-3-4;5-2-1-6-4(9)7-3(2)8;5-2-1-6-4(8)7-3(2)9;1-2-3-4/h2-3,5-7H,1,4H2;1-4H,(H2,10,11,13);2,4H,1,3H2,(H,9,10,11);1-3,6H;2*1H,(H2,6,7,8,9);2H,1,3H2. The van der Waals surface area contributed by atoms with Crippen LogP contribution in [-0.4, -0.2) is 78.6 Å². The van der Waals surface area contributed by atoms with E-state index in [0.717, 1.165) is 40.2 Å². The topological polar surface area (TPSA) is 285 Å². The number of alkyl halides is 1. The van der Waals surface area contributed by atoms with E-state index in [-0.39, 0.29) is 20.5 Å². The van der Waals surface area contributed by atoms with Gasteiger partial charge in [0.1, 0.15) is 20.4 Å². The maximum Gasteiger partial charge on any atom is 0.569 e. The molecule has 8 rings (SSSR count). The van der Waals surface area contributed by atoms with Gasteiger partial charge in [-0.1, -0.05) is 58.1 Å². The summed E-state index contributed by atoms with van der Waals surface area (Å²) in [4.78, 5) is 84.7. The molecule has 0 atom stereocenters. The van der Waals surface area contributed by atoms with Gasteiger partial charge in [0.15, 0.2) is 29.1 Å². The first-order chi connectivity index (χ1) is 34.9. The second-order valence-electron chi connectivity index (χ2n) is 12.2. The van der Waals surface area contributed by atoms with E-state index in [0.29, 0.717) is 42.5 Å². The summed E-state index contributed by atoms with van der Waals surface area (Å²) in [7, 11) is 0.669. The van der Waals surface area contributed by atoms with Gasteiger partial charge < -0.3 is 25.4 Å². The van der Waals surface area contributed by atoms with Crippen LogP contribution in [0.1, 0.15) is 0 Å².